The van der Waals surface area contributed by atoms with E-state index in [-0.39, 0.29) is 0 Å². The Kier molecular flexibility index (Phi) is 3.94. The Morgan fingerprint density at radius 2 is 1.94 bits per heavy atom. The van der Waals surface area contributed by atoms with Gasteiger partial charge in [-0.1, -0.05) is 30.3 Å². The number of nitrogens with zero attached hydrogens (tertiary/aromatic N) is 2. The Balaban J connectivity index is 1.88. The van der Waals surface area contributed by atoms with Crippen molar-refractivity contribution in [2.45, 2.75) is 33.0 Å². The third kappa shape index (κ3) is 3.17. The first kappa shape index (κ1) is 11.9. The van der Waals surface area contributed by atoms with E-state index in [9.17, 15) is 0 Å². The van der Waals surface area contributed by atoms with Gasteiger partial charge in [0.15, 0.2) is 0 Å². The molecule has 3 nitrogen and oxygen atoms in total. The van der Waals surface area contributed by atoms with Gasteiger partial charge < -0.3 is 9.88 Å². The van der Waals surface area contributed by atoms with Gasteiger partial charge in [0.25, 0.3) is 0 Å². The smallest absolute Gasteiger partial charge is 0.0951 e. The lowest BCUT2D eigenvalue weighted by atomic mass is 10.2. The van der Waals surface area contributed by atoms with Crippen LogP contribution in [0.2, 0.25) is 0 Å². The van der Waals surface area contributed by atoms with Crippen LogP contribution in [0.15, 0.2) is 42.9 Å². The summed E-state index contributed by atoms with van der Waals surface area (Å²) in [4.78, 5) is 4.19. The van der Waals surface area contributed by atoms with Crippen LogP contribution in [-0.2, 0) is 13.1 Å². The fraction of sp³-hybridized carbons (Fsp3) is 0.357. The van der Waals surface area contributed by atoms with E-state index in [2.05, 4.69) is 53.0 Å². The van der Waals surface area contributed by atoms with Gasteiger partial charge >= 0.3 is 0 Å². The van der Waals surface area contributed by atoms with E-state index in [1.807, 2.05) is 18.6 Å². The van der Waals surface area contributed by atoms with E-state index in [4.69, 9.17) is 0 Å². The molecule has 3 heteroatoms. The van der Waals surface area contributed by atoms with E-state index in [0.717, 1.165) is 13.1 Å². The molecule has 0 atom stereocenters. The zero-order valence-electron chi connectivity index (χ0n) is 10.4. The number of imidazole rings is 1. The molecule has 0 aliphatic carbocycles. The number of benzene rings is 1. The molecule has 0 unspecified atom stereocenters. The number of hydrogen-bond acceptors (Lipinski definition) is 2. The highest BCUT2D eigenvalue weighted by molar-refractivity contribution is 5.14. The molecule has 1 heterocycles. The molecule has 1 aromatic carbocycles. The lowest BCUT2D eigenvalue weighted by Crippen LogP contribution is -2.16. The minimum Gasteiger partial charge on any atom is -0.331 e. The van der Waals surface area contributed by atoms with Gasteiger partial charge in [0, 0.05) is 25.3 Å². The van der Waals surface area contributed by atoms with Crippen molar-refractivity contribution in [3.8, 4) is 0 Å². The minimum absolute atomic E-state index is 0.464. The average molecular weight is 229 g/mol. The second-order valence-corrected chi connectivity index (χ2v) is 4.48. The second kappa shape index (κ2) is 5.64. The number of hydrogen-bond donors (Lipinski definition) is 1. The quantitative estimate of drug-likeness (QED) is 0.854. The third-order valence-electron chi connectivity index (χ3n) is 2.78. The van der Waals surface area contributed by atoms with Crippen molar-refractivity contribution in [3.63, 3.8) is 0 Å². The van der Waals surface area contributed by atoms with E-state index in [1.165, 1.54) is 11.3 Å². The standard InChI is InChI=1S/C14H19N3/c1-12(2)17-11-16-10-14(17)9-15-8-13-6-4-3-5-7-13/h3-7,10-12,15H,8-9H2,1-2H3. The number of aromatic nitrogens is 2. The molecular weight excluding hydrogens is 210 g/mol. The summed E-state index contributed by atoms with van der Waals surface area (Å²) in [7, 11) is 0. The van der Waals surface area contributed by atoms with Gasteiger partial charge in [0.2, 0.25) is 0 Å². The van der Waals surface area contributed by atoms with Crippen LogP contribution in [0.4, 0.5) is 0 Å². The van der Waals surface area contributed by atoms with Gasteiger partial charge in [0.1, 0.15) is 0 Å². The summed E-state index contributed by atoms with van der Waals surface area (Å²) in [5.41, 5.74) is 2.54. The van der Waals surface area contributed by atoms with Crippen molar-refractivity contribution in [2.24, 2.45) is 0 Å². The van der Waals surface area contributed by atoms with Gasteiger partial charge in [-0.3, -0.25) is 0 Å². The van der Waals surface area contributed by atoms with Crippen LogP contribution in [0, 0.1) is 0 Å². The average Bonchev–Trinajstić information content (AvgIpc) is 2.79. The normalized spacial score (nSPS) is 11.0. The maximum atomic E-state index is 4.19. The molecular formula is C14H19N3. The Morgan fingerprint density at radius 3 is 2.65 bits per heavy atom. The molecule has 0 radical (unpaired) electrons. The van der Waals surface area contributed by atoms with Crippen molar-refractivity contribution in [2.75, 3.05) is 0 Å². The largest absolute Gasteiger partial charge is 0.331 e. The molecule has 1 aromatic heterocycles. The van der Waals surface area contributed by atoms with Crippen LogP contribution >= 0.6 is 0 Å². The van der Waals surface area contributed by atoms with Crippen LogP contribution in [-0.4, -0.2) is 9.55 Å². The molecule has 0 bridgehead atoms. The molecule has 0 aliphatic rings. The van der Waals surface area contributed by atoms with E-state index < -0.39 is 0 Å². The summed E-state index contributed by atoms with van der Waals surface area (Å²) < 4.78 is 2.19. The first-order valence-corrected chi connectivity index (χ1v) is 6.02. The molecule has 0 aliphatic heterocycles. The molecule has 0 fully saturated rings. The molecule has 0 saturated heterocycles. The first-order chi connectivity index (χ1) is 8.27. The van der Waals surface area contributed by atoms with Crippen LogP contribution in [0.3, 0.4) is 0 Å². The van der Waals surface area contributed by atoms with Crippen LogP contribution in [0.25, 0.3) is 0 Å². The zero-order chi connectivity index (χ0) is 12.1. The fourth-order valence-electron chi connectivity index (χ4n) is 1.86. The highest BCUT2D eigenvalue weighted by atomic mass is 15.1. The number of nitrogens with one attached hydrogen (secondary N) is 1. The topological polar surface area (TPSA) is 29.9 Å². The van der Waals surface area contributed by atoms with Gasteiger partial charge in [0.05, 0.1) is 12.0 Å². The van der Waals surface area contributed by atoms with Crippen molar-refractivity contribution in [1.82, 2.24) is 14.9 Å². The maximum Gasteiger partial charge on any atom is 0.0951 e. The Hall–Kier alpha value is -1.61. The Morgan fingerprint density at radius 1 is 1.18 bits per heavy atom. The van der Waals surface area contributed by atoms with E-state index in [0.29, 0.717) is 6.04 Å². The first-order valence-electron chi connectivity index (χ1n) is 6.02. The second-order valence-electron chi connectivity index (χ2n) is 4.48. The lowest BCUT2D eigenvalue weighted by Gasteiger charge is -2.12. The molecule has 17 heavy (non-hydrogen) atoms. The molecule has 90 valence electrons. The summed E-state index contributed by atoms with van der Waals surface area (Å²) in [5.74, 6) is 0. The van der Waals surface area contributed by atoms with Crippen LogP contribution in [0.1, 0.15) is 31.1 Å². The summed E-state index contributed by atoms with van der Waals surface area (Å²) in [6, 6.07) is 10.9. The maximum absolute atomic E-state index is 4.19. The molecule has 0 amide bonds. The zero-order valence-corrected chi connectivity index (χ0v) is 10.4. The molecule has 0 saturated carbocycles. The Labute approximate surface area is 103 Å². The van der Waals surface area contributed by atoms with Crippen molar-refractivity contribution < 1.29 is 0 Å². The Bertz CT molecular complexity index is 446. The highest BCUT2D eigenvalue weighted by Gasteiger charge is 2.04. The summed E-state index contributed by atoms with van der Waals surface area (Å²) >= 11 is 0. The molecule has 1 N–H and O–H groups in total. The number of rotatable bonds is 5. The van der Waals surface area contributed by atoms with Gasteiger partial charge in [-0.25, -0.2) is 4.98 Å². The van der Waals surface area contributed by atoms with E-state index in [1.54, 1.807) is 0 Å². The van der Waals surface area contributed by atoms with Gasteiger partial charge in [-0.05, 0) is 19.4 Å². The molecule has 2 rings (SSSR count). The van der Waals surface area contributed by atoms with Crippen LogP contribution < -0.4 is 5.32 Å². The minimum atomic E-state index is 0.464. The molecule has 0 spiro atoms. The predicted octanol–water partition coefficient (Wildman–Crippen LogP) is 2.75. The summed E-state index contributed by atoms with van der Waals surface area (Å²) in [5, 5.41) is 3.44. The van der Waals surface area contributed by atoms with E-state index >= 15 is 0 Å². The monoisotopic (exact) mass is 229 g/mol. The van der Waals surface area contributed by atoms with Crippen molar-refractivity contribution in [3.05, 3.63) is 54.1 Å². The molecule has 2 aromatic rings. The highest BCUT2D eigenvalue weighted by Crippen LogP contribution is 2.08. The third-order valence-corrected chi connectivity index (χ3v) is 2.78. The van der Waals surface area contributed by atoms with Gasteiger partial charge in [-0.2, -0.15) is 0 Å². The SMILES string of the molecule is CC(C)n1cncc1CNCc1ccccc1. The fourth-order valence-corrected chi connectivity index (χ4v) is 1.86. The summed E-state index contributed by atoms with van der Waals surface area (Å²) in [6.07, 6.45) is 3.82. The predicted molar refractivity (Wildman–Crippen MR) is 69.6 cm³/mol. The van der Waals surface area contributed by atoms with Crippen LogP contribution in [0.5, 0.6) is 0 Å². The summed E-state index contributed by atoms with van der Waals surface area (Å²) in [6.45, 7) is 6.09. The lowest BCUT2D eigenvalue weighted by molar-refractivity contribution is 0.550. The van der Waals surface area contributed by atoms with Gasteiger partial charge in [-0.15, -0.1) is 0 Å². The van der Waals surface area contributed by atoms with Crippen molar-refractivity contribution in [1.29, 1.82) is 0 Å². The van der Waals surface area contributed by atoms with Crippen molar-refractivity contribution >= 4 is 0 Å².